The van der Waals surface area contributed by atoms with Crippen LogP contribution in [0.5, 0.6) is 0 Å². The van der Waals surface area contributed by atoms with E-state index in [1.165, 1.54) is 21.5 Å². The van der Waals surface area contributed by atoms with E-state index in [1.54, 1.807) is 0 Å². The van der Waals surface area contributed by atoms with Crippen molar-refractivity contribution in [3.8, 4) is 22.9 Å². The van der Waals surface area contributed by atoms with Gasteiger partial charge in [-0.15, -0.1) is 11.1 Å². The van der Waals surface area contributed by atoms with Crippen molar-refractivity contribution in [2.45, 2.75) is 39.3 Å². The standard InChI is InChI=1S/C24H26Si2/c1-25(2,3)16-14-19-11-9-12-21-18-20-10-7-8-13-22(20)23(24(19)21)15-17-26(4,5)6/h7-13,18H,1-6H3. The van der Waals surface area contributed by atoms with E-state index >= 15 is 0 Å². The molecule has 0 unspecified atom stereocenters. The van der Waals surface area contributed by atoms with Gasteiger partial charge in [0.25, 0.3) is 0 Å². The number of hydrogen-bond acceptors (Lipinski definition) is 0. The van der Waals surface area contributed by atoms with Crippen LogP contribution >= 0.6 is 0 Å². The number of fused-ring (bicyclic) bond motifs is 2. The third-order valence-electron chi connectivity index (χ3n) is 4.02. The lowest BCUT2D eigenvalue weighted by Gasteiger charge is -2.11. The van der Waals surface area contributed by atoms with E-state index in [9.17, 15) is 0 Å². The average molecular weight is 371 g/mol. The summed E-state index contributed by atoms with van der Waals surface area (Å²) < 4.78 is 0. The van der Waals surface area contributed by atoms with Crippen molar-refractivity contribution in [3.05, 3.63) is 59.7 Å². The minimum Gasteiger partial charge on any atom is -0.127 e. The molecule has 0 spiro atoms. The van der Waals surface area contributed by atoms with Crippen molar-refractivity contribution >= 4 is 37.7 Å². The van der Waals surface area contributed by atoms with Crippen LogP contribution in [0.3, 0.4) is 0 Å². The summed E-state index contributed by atoms with van der Waals surface area (Å²) in [6.45, 7) is 13.7. The summed E-state index contributed by atoms with van der Waals surface area (Å²) in [5.41, 5.74) is 9.35. The van der Waals surface area contributed by atoms with Crippen molar-refractivity contribution in [2.24, 2.45) is 0 Å². The quantitative estimate of drug-likeness (QED) is 0.242. The van der Waals surface area contributed by atoms with Crippen molar-refractivity contribution in [1.29, 1.82) is 0 Å². The summed E-state index contributed by atoms with van der Waals surface area (Å²) in [5, 5.41) is 4.91. The Balaban J connectivity index is 2.43. The normalized spacial score (nSPS) is 11.6. The molecule has 0 amide bonds. The summed E-state index contributed by atoms with van der Waals surface area (Å²) in [7, 11) is -2.91. The van der Waals surface area contributed by atoms with Gasteiger partial charge in [-0.05, 0) is 28.3 Å². The molecule has 3 rings (SSSR count). The molecule has 0 aliphatic carbocycles. The summed E-state index contributed by atoms with van der Waals surface area (Å²) in [6.07, 6.45) is 0. The Morgan fingerprint density at radius 1 is 0.654 bits per heavy atom. The topological polar surface area (TPSA) is 0 Å². The maximum Gasteiger partial charge on any atom is 0.129 e. The predicted molar refractivity (Wildman–Crippen MR) is 122 cm³/mol. The Labute approximate surface area is 159 Å². The molecule has 0 aliphatic heterocycles. The van der Waals surface area contributed by atoms with Crippen molar-refractivity contribution in [2.75, 3.05) is 0 Å². The summed E-state index contributed by atoms with van der Waals surface area (Å²) >= 11 is 0. The fourth-order valence-electron chi connectivity index (χ4n) is 2.86. The first-order valence-corrected chi connectivity index (χ1v) is 16.1. The smallest absolute Gasteiger partial charge is 0.127 e. The molecular weight excluding hydrogens is 344 g/mol. The van der Waals surface area contributed by atoms with Crippen LogP contribution in [0.25, 0.3) is 21.5 Å². The zero-order valence-electron chi connectivity index (χ0n) is 16.6. The molecule has 0 heterocycles. The first-order valence-electron chi connectivity index (χ1n) is 9.15. The lowest BCUT2D eigenvalue weighted by atomic mass is 9.94. The van der Waals surface area contributed by atoms with Gasteiger partial charge in [0.2, 0.25) is 0 Å². The highest BCUT2D eigenvalue weighted by atomic mass is 28.3. The molecule has 3 aromatic rings. The van der Waals surface area contributed by atoms with Gasteiger partial charge in [0, 0.05) is 16.5 Å². The zero-order valence-corrected chi connectivity index (χ0v) is 18.6. The SMILES string of the molecule is C[Si](C)(C)C#Cc1cccc2cc3ccccc3c(C#C[Si](C)(C)C)c12. The first-order chi connectivity index (χ1) is 12.1. The molecule has 0 aliphatic rings. The van der Waals surface area contributed by atoms with Crippen LogP contribution in [0, 0.1) is 22.9 Å². The Hall–Kier alpha value is -2.27. The average Bonchev–Trinajstić information content (AvgIpc) is 2.55. The molecule has 0 atom stereocenters. The zero-order chi connectivity index (χ0) is 18.9. The Bertz CT molecular complexity index is 1100. The highest BCUT2D eigenvalue weighted by molar-refractivity contribution is 6.84. The summed E-state index contributed by atoms with van der Waals surface area (Å²) in [6, 6.07) is 17.3. The van der Waals surface area contributed by atoms with Gasteiger partial charge in [-0.25, -0.2) is 0 Å². The summed E-state index contributed by atoms with van der Waals surface area (Å²) in [5.74, 6) is 7.05. The second-order valence-electron chi connectivity index (χ2n) is 8.88. The number of rotatable bonds is 0. The molecule has 0 saturated carbocycles. The molecule has 0 nitrogen and oxygen atoms in total. The Morgan fingerprint density at radius 2 is 1.27 bits per heavy atom. The van der Waals surface area contributed by atoms with Gasteiger partial charge in [0.05, 0.1) is 0 Å². The fourth-order valence-corrected chi connectivity index (χ4v) is 3.87. The van der Waals surface area contributed by atoms with Crippen LogP contribution in [0.1, 0.15) is 11.1 Å². The molecule has 0 aromatic heterocycles. The Kier molecular flexibility index (Phi) is 4.85. The second kappa shape index (κ2) is 6.80. The molecule has 0 saturated heterocycles. The van der Waals surface area contributed by atoms with Crippen molar-refractivity contribution in [3.63, 3.8) is 0 Å². The molecule has 0 radical (unpaired) electrons. The highest BCUT2D eigenvalue weighted by Crippen LogP contribution is 2.30. The van der Waals surface area contributed by atoms with Crippen molar-refractivity contribution in [1.82, 2.24) is 0 Å². The molecular formula is C24H26Si2. The Morgan fingerprint density at radius 3 is 1.96 bits per heavy atom. The van der Waals surface area contributed by atoms with Crippen LogP contribution in [0.15, 0.2) is 48.5 Å². The molecule has 130 valence electrons. The van der Waals surface area contributed by atoms with Gasteiger partial charge in [-0.2, -0.15) is 0 Å². The van der Waals surface area contributed by atoms with Crippen LogP contribution in [-0.2, 0) is 0 Å². The molecule has 3 aromatic carbocycles. The maximum atomic E-state index is 3.57. The largest absolute Gasteiger partial charge is 0.129 e. The number of hydrogen-bond donors (Lipinski definition) is 0. The van der Waals surface area contributed by atoms with E-state index in [2.05, 4.69) is 111 Å². The monoisotopic (exact) mass is 370 g/mol. The molecule has 0 fully saturated rings. The minimum absolute atomic E-state index is 1.11. The minimum atomic E-state index is -1.47. The highest BCUT2D eigenvalue weighted by Gasteiger charge is 2.12. The molecule has 2 heteroatoms. The van der Waals surface area contributed by atoms with Gasteiger partial charge in [-0.3, -0.25) is 0 Å². The van der Waals surface area contributed by atoms with E-state index in [0.717, 1.165) is 11.1 Å². The van der Waals surface area contributed by atoms with Crippen molar-refractivity contribution < 1.29 is 0 Å². The van der Waals surface area contributed by atoms with Gasteiger partial charge in [0.1, 0.15) is 16.1 Å². The van der Waals surface area contributed by atoms with E-state index in [0.29, 0.717) is 0 Å². The van der Waals surface area contributed by atoms with Gasteiger partial charge < -0.3 is 0 Å². The van der Waals surface area contributed by atoms with E-state index in [1.807, 2.05) is 0 Å². The van der Waals surface area contributed by atoms with Crippen LogP contribution in [0.2, 0.25) is 39.3 Å². The van der Waals surface area contributed by atoms with Crippen LogP contribution in [-0.4, -0.2) is 16.1 Å². The fraction of sp³-hybridized carbons (Fsp3) is 0.250. The molecule has 26 heavy (non-hydrogen) atoms. The van der Waals surface area contributed by atoms with Crippen LogP contribution < -0.4 is 0 Å². The van der Waals surface area contributed by atoms with E-state index in [-0.39, 0.29) is 0 Å². The lowest BCUT2D eigenvalue weighted by molar-refractivity contribution is 1.69. The van der Waals surface area contributed by atoms with Crippen LogP contribution in [0.4, 0.5) is 0 Å². The third-order valence-corrected chi connectivity index (χ3v) is 5.77. The second-order valence-corrected chi connectivity index (χ2v) is 18.4. The lowest BCUT2D eigenvalue weighted by Crippen LogP contribution is -2.16. The maximum absolute atomic E-state index is 3.57. The van der Waals surface area contributed by atoms with Gasteiger partial charge in [-0.1, -0.05) is 87.5 Å². The number of benzene rings is 3. The molecule has 0 N–H and O–H groups in total. The summed E-state index contributed by atoms with van der Waals surface area (Å²) in [4.78, 5) is 0. The van der Waals surface area contributed by atoms with E-state index < -0.39 is 16.1 Å². The molecule has 0 bridgehead atoms. The van der Waals surface area contributed by atoms with Gasteiger partial charge >= 0.3 is 0 Å². The predicted octanol–water partition coefficient (Wildman–Crippen LogP) is 6.45. The van der Waals surface area contributed by atoms with E-state index in [4.69, 9.17) is 0 Å². The third kappa shape index (κ3) is 4.28. The van der Waals surface area contributed by atoms with Gasteiger partial charge in [0.15, 0.2) is 0 Å². The first kappa shape index (κ1) is 18.5.